The molecule has 1 amide bonds. The van der Waals surface area contributed by atoms with Gasteiger partial charge in [-0.05, 0) is 60.6 Å². The van der Waals surface area contributed by atoms with Crippen LogP contribution in [0.15, 0.2) is 46.2 Å². The smallest absolute Gasteiger partial charge is 0.230 e. The van der Waals surface area contributed by atoms with Gasteiger partial charge in [-0.3, -0.25) is 9.69 Å². The molecular formula is C21H28N6O2S. The van der Waals surface area contributed by atoms with E-state index < -0.39 is 0 Å². The largest absolute Gasteiger partial charge is 0.468 e. The van der Waals surface area contributed by atoms with Crippen LogP contribution in [-0.4, -0.2) is 56.4 Å². The number of benzene rings is 1. The molecule has 160 valence electrons. The highest BCUT2D eigenvalue weighted by Gasteiger charge is 2.21. The first-order chi connectivity index (χ1) is 14.5. The molecule has 0 aliphatic heterocycles. The molecule has 0 fully saturated rings. The minimum Gasteiger partial charge on any atom is -0.468 e. The van der Waals surface area contributed by atoms with E-state index in [9.17, 15) is 4.79 Å². The van der Waals surface area contributed by atoms with Crippen molar-refractivity contribution in [3.05, 3.63) is 53.5 Å². The van der Waals surface area contributed by atoms with Gasteiger partial charge in [0.15, 0.2) is 0 Å². The molecule has 0 unspecified atom stereocenters. The lowest BCUT2D eigenvalue weighted by Crippen LogP contribution is -2.38. The number of thioether (sulfide) groups is 1. The summed E-state index contributed by atoms with van der Waals surface area (Å²) in [6.45, 7) is 10.5. The fourth-order valence-electron chi connectivity index (χ4n) is 3.50. The third-order valence-corrected chi connectivity index (χ3v) is 5.96. The van der Waals surface area contributed by atoms with Crippen LogP contribution < -0.4 is 5.32 Å². The van der Waals surface area contributed by atoms with Crippen LogP contribution in [0.3, 0.4) is 0 Å². The van der Waals surface area contributed by atoms with Crippen molar-refractivity contribution in [2.24, 2.45) is 0 Å². The number of carbonyl (C=O) groups excluding carboxylic acids is 1. The van der Waals surface area contributed by atoms with E-state index in [2.05, 4.69) is 39.6 Å². The third-order valence-electron chi connectivity index (χ3n) is 5.04. The number of aryl methyl sites for hydroxylation is 2. The lowest BCUT2D eigenvalue weighted by Gasteiger charge is -2.28. The molecule has 9 heteroatoms. The summed E-state index contributed by atoms with van der Waals surface area (Å²) in [6, 6.07) is 9.87. The molecule has 3 rings (SSSR count). The van der Waals surface area contributed by atoms with Gasteiger partial charge in [-0.15, -0.1) is 5.10 Å². The van der Waals surface area contributed by atoms with Gasteiger partial charge in [-0.2, -0.15) is 4.68 Å². The van der Waals surface area contributed by atoms with Gasteiger partial charge in [0.25, 0.3) is 0 Å². The predicted octanol–water partition coefficient (Wildman–Crippen LogP) is 3.16. The second kappa shape index (κ2) is 10.4. The lowest BCUT2D eigenvalue weighted by atomic mass is 10.1. The van der Waals surface area contributed by atoms with Crippen molar-refractivity contribution in [2.45, 2.75) is 38.9 Å². The van der Waals surface area contributed by atoms with Gasteiger partial charge in [-0.25, -0.2) is 0 Å². The van der Waals surface area contributed by atoms with Crippen LogP contribution in [0.25, 0.3) is 5.69 Å². The highest BCUT2D eigenvalue weighted by Crippen LogP contribution is 2.24. The first kappa shape index (κ1) is 22.0. The second-order valence-corrected chi connectivity index (χ2v) is 7.90. The van der Waals surface area contributed by atoms with Crippen LogP contribution in [0.2, 0.25) is 0 Å². The highest BCUT2D eigenvalue weighted by atomic mass is 32.2. The van der Waals surface area contributed by atoms with E-state index in [1.807, 2.05) is 44.2 Å². The molecule has 0 radical (unpaired) electrons. The zero-order valence-electron chi connectivity index (χ0n) is 17.8. The Morgan fingerprint density at radius 2 is 1.93 bits per heavy atom. The summed E-state index contributed by atoms with van der Waals surface area (Å²) in [5, 5.41) is 15.6. The molecule has 2 heterocycles. The molecular weight excluding hydrogens is 400 g/mol. The maximum atomic E-state index is 12.5. The summed E-state index contributed by atoms with van der Waals surface area (Å²) < 4.78 is 7.29. The normalized spacial score (nSPS) is 12.3. The van der Waals surface area contributed by atoms with Gasteiger partial charge >= 0.3 is 0 Å². The number of likely N-dealkylation sites (N-methyl/N-ethyl adjacent to an activating group) is 1. The minimum absolute atomic E-state index is 0.00360. The maximum absolute atomic E-state index is 12.5. The van der Waals surface area contributed by atoms with Crippen LogP contribution in [0.5, 0.6) is 0 Å². The number of aromatic nitrogens is 4. The Kier molecular flexibility index (Phi) is 7.64. The standard InChI is InChI=1S/C21H28N6O2S/c1-5-26(6-2)17(18-11-8-12-29-18)13-22-19(28)14-30-21-23-24-25-27(21)20-15(3)9-7-10-16(20)4/h7-12,17H,5-6,13-14H2,1-4H3,(H,22,28)/t17-/m0/s1. The van der Waals surface area contributed by atoms with Crippen molar-refractivity contribution in [3.63, 3.8) is 0 Å². The van der Waals surface area contributed by atoms with E-state index in [0.717, 1.165) is 35.7 Å². The van der Waals surface area contributed by atoms with Crippen molar-refractivity contribution in [3.8, 4) is 5.69 Å². The van der Waals surface area contributed by atoms with Crippen LogP contribution in [0.1, 0.15) is 36.8 Å². The summed E-state index contributed by atoms with van der Waals surface area (Å²) in [6.07, 6.45) is 1.66. The Labute approximate surface area is 181 Å². The number of furan rings is 1. The SMILES string of the molecule is CCN(CC)[C@@H](CNC(=O)CSc1nnnn1-c1c(C)cccc1C)c1ccco1. The monoisotopic (exact) mass is 428 g/mol. The van der Waals surface area contributed by atoms with E-state index in [-0.39, 0.29) is 17.7 Å². The van der Waals surface area contributed by atoms with Gasteiger partial charge in [0, 0.05) is 6.54 Å². The number of nitrogens with one attached hydrogen (secondary N) is 1. The van der Waals surface area contributed by atoms with Crippen molar-refractivity contribution < 1.29 is 9.21 Å². The second-order valence-electron chi connectivity index (χ2n) is 6.96. The number of nitrogens with zero attached hydrogens (tertiary/aromatic N) is 5. The zero-order valence-corrected chi connectivity index (χ0v) is 18.6. The van der Waals surface area contributed by atoms with Gasteiger partial charge in [0.05, 0.1) is 23.7 Å². The van der Waals surface area contributed by atoms with Crippen LogP contribution in [0.4, 0.5) is 0 Å². The van der Waals surface area contributed by atoms with E-state index in [4.69, 9.17) is 4.42 Å². The Morgan fingerprint density at radius 3 is 2.57 bits per heavy atom. The average molecular weight is 429 g/mol. The van der Waals surface area contributed by atoms with Gasteiger partial charge in [-0.1, -0.05) is 43.8 Å². The molecule has 0 saturated carbocycles. The van der Waals surface area contributed by atoms with Crippen molar-refractivity contribution >= 4 is 17.7 Å². The Hall–Kier alpha value is -2.65. The Morgan fingerprint density at radius 1 is 1.20 bits per heavy atom. The summed E-state index contributed by atoms with van der Waals surface area (Å²) in [4.78, 5) is 14.8. The molecule has 30 heavy (non-hydrogen) atoms. The quantitative estimate of drug-likeness (QED) is 0.496. The number of amides is 1. The van der Waals surface area contributed by atoms with Crippen molar-refractivity contribution in [2.75, 3.05) is 25.4 Å². The number of tetrazole rings is 1. The van der Waals surface area contributed by atoms with Crippen molar-refractivity contribution in [1.82, 2.24) is 30.4 Å². The van der Waals surface area contributed by atoms with Crippen LogP contribution in [0, 0.1) is 13.8 Å². The Balaban J connectivity index is 1.62. The highest BCUT2D eigenvalue weighted by molar-refractivity contribution is 7.99. The van der Waals surface area contributed by atoms with Crippen LogP contribution in [-0.2, 0) is 4.79 Å². The van der Waals surface area contributed by atoms with E-state index in [1.54, 1.807) is 10.9 Å². The minimum atomic E-state index is -0.0697. The molecule has 0 saturated heterocycles. The molecule has 0 bridgehead atoms. The van der Waals surface area contributed by atoms with Gasteiger partial charge in [0.2, 0.25) is 11.1 Å². The first-order valence-electron chi connectivity index (χ1n) is 10.1. The lowest BCUT2D eigenvalue weighted by molar-refractivity contribution is -0.118. The predicted molar refractivity (Wildman–Crippen MR) is 117 cm³/mol. The number of hydrogen-bond acceptors (Lipinski definition) is 7. The molecule has 1 aromatic carbocycles. The molecule has 0 aliphatic carbocycles. The maximum Gasteiger partial charge on any atom is 0.230 e. The third kappa shape index (κ3) is 5.09. The topological polar surface area (TPSA) is 89.1 Å². The average Bonchev–Trinajstić information content (AvgIpc) is 3.42. The molecule has 1 N–H and O–H groups in total. The molecule has 2 aromatic heterocycles. The molecule has 3 aromatic rings. The first-order valence-corrected chi connectivity index (χ1v) is 11.1. The Bertz CT molecular complexity index is 932. The van der Waals surface area contributed by atoms with Crippen molar-refractivity contribution in [1.29, 1.82) is 0 Å². The van der Waals surface area contributed by atoms with E-state index in [1.165, 1.54) is 11.8 Å². The number of hydrogen-bond donors (Lipinski definition) is 1. The van der Waals surface area contributed by atoms with Gasteiger partial charge < -0.3 is 9.73 Å². The summed E-state index contributed by atoms with van der Waals surface area (Å²) in [7, 11) is 0. The molecule has 0 aliphatic rings. The number of rotatable bonds is 10. The molecule has 0 spiro atoms. The summed E-state index contributed by atoms with van der Waals surface area (Å²) >= 11 is 1.32. The number of carbonyl (C=O) groups is 1. The van der Waals surface area contributed by atoms with Crippen LogP contribution >= 0.6 is 11.8 Å². The zero-order chi connectivity index (χ0) is 21.5. The van der Waals surface area contributed by atoms with E-state index >= 15 is 0 Å². The number of para-hydroxylation sites is 1. The molecule has 1 atom stereocenters. The summed E-state index contributed by atoms with van der Waals surface area (Å²) in [5.74, 6) is 1.01. The fraction of sp³-hybridized carbons (Fsp3) is 0.429. The van der Waals surface area contributed by atoms with E-state index in [0.29, 0.717) is 11.7 Å². The van der Waals surface area contributed by atoms with Gasteiger partial charge in [0.1, 0.15) is 5.76 Å². The molecule has 8 nitrogen and oxygen atoms in total. The summed E-state index contributed by atoms with van der Waals surface area (Å²) in [5.41, 5.74) is 3.10. The fourth-order valence-corrected chi connectivity index (χ4v) is 4.20.